The van der Waals surface area contributed by atoms with E-state index in [1.165, 1.54) is 11.1 Å². The van der Waals surface area contributed by atoms with Crippen LogP contribution in [0.2, 0.25) is 0 Å². The van der Waals surface area contributed by atoms with E-state index in [1.807, 2.05) is 54.4 Å². The largest absolute Gasteiger partial charge is 0.382 e. The van der Waals surface area contributed by atoms with Crippen molar-refractivity contribution in [3.63, 3.8) is 0 Å². The fraction of sp³-hybridized carbons (Fsp3) is 0.382. The summed E-state index contributed by atoms with van der Waals surface area (Å²) in [6.07, 6.45) is 3.53. The summed E-state index contributed by atoms with van der Waals surface area (Å²) in [6.45, 7) is 8.72. The smallest absolute Gasteiger partial charge is 0.265 e. The molecule has 1 amide bonds. The van der Waals surface area contributed by atoms with Gasteiger partial charge in [-0.1, -0.05) is 42.5 Å². The SMILES string of the molecule is CCOCCCn1c(CCc2ccc(C#N)cc2)nc2cc(C(=O)NN3CCN(CCc4ccccc4)CC3)ccc21. The van der Waals surface area contributed by atoms with Crippen molar-refractivity contribution in [1.29, 1.82) is 5.26 Å². The number of aromatic nitrogens is 2. The van der Waals surface area contributed by atoms with E-state index in [0.717, 1.165) is 81.8 Å². The van der Waals surface area contributed by atoms with Crippen LogP contribution in [0.25, 0.3) is 11.0 Å². The van der Waals surface area contributed by atoms with Crippen LogP contribution in [0.1, 0.15) is 46.2 Å². The summed E-state index contributed by atoms with van der Waals surface area (Å²) in [5.74, 6) is 0.898. The molecule has 0 saturated carbocycles. The first-order chi connectivity index (χ1) is 20.6. The lowest BCUT2D eigenvalue weighted by Crippen LogP contribution is -2.53. The molecule has 4 aromatic rings. The van der Waals surface area contributed by atoms with Crippen molar-refractivity contribution in [3.8, 4) is 6.07 Å². The first-order valence-corrected chi connectivity index (χ1v) is 15.0. The predicted molar refractivity (Wildman–Crippen MR) is 165 cm³/mol. The monoisotopic (exact) mass is 564 g/mol. The molecule has 1 aromatic heterocycles. The first kappa shape index (κ1) is 29.5. The molecule has 0 spiro atoms. The second-order valence-corrected chi connectivity index (χ2v) is 10.7. The fourth-order valence-corrected chi connectivity index (χ4v) is 5.46. The molecule has 1 N–H and O–H groups in total. The van der Waals surface area contributed by atoms with Crippen LogP contribution in [0.5, 0.6) is 0 Å². The molecule has 1 fully saturated rings. The molecule has 218 valence electrons. The lowest BCUT2D eigenvalue weighted by Gasteiger charge is -2.34. The highest BCUT2D eigenvalue weighted by Gasteiger charge is 2.20. The number of carbonyl (C=O) groups excluding carboxylic acids is 1. The van der Waals surface area contributed by atoms with E-state index in [-0.39, 0.29) is 5.91 Å². The molecule has 1 aliphatic rings. The number of nitrogens with zero attached hydrogens (tertiary/aromatic N) is 5. The Morgan fingerprint density at radius 3 is 2.43 bits per heavy atom. The van der Waals surface area contributed by atoms with Gasteiger partial charge in [-0.25, -0.2) is 9.99 Å². The topological polar surface area (TPSA) is 86.4 Å². The van der Waals surface area contributed by atoms with E-state index in [0.29, 0.717) is 24.3 Å². The number of hydrogen-bond donors (Lipinski definition) is 1. The Balaban J connectivity index is 1.21. The molecule has 0 bridgehead atoms. The summed E-state index contributed by atoms with van der Waals surface area (Å²) in [5.41, 5.74) is 8.79. The molecule has 5 rings (SSSR count). The minimum atomic E-state index is -0.0975. The molecular formula is C34H40N6O2. The number of amides is 1. The Morgan fingerprint density at radius 2 is 1.69 bits per heavy atom. The van der Waals surface area contributed by atoms with Crippen LogP contribution in [0, 0.1) is 11.3 Å². The summed E-state index contributed by atoms with van der Waals surface area (Å²) >= 11 is 0. The first-order valence-electron chi connectivity index (χ1n) is 15.0. The van der Waals surface area contributed by atoms with Gasteiger partial charge in [-0.05, 0) is 67.6 Å². The van der Waals surface area contributed by atoms with Crippen LogP contribution < -0.4 is 5.43 Å². The number of hydrazine groups is 1. The molecule has 8 heteroatoms. The molecule has 1 saturated heterocycles. The zero-order chi connectivity index (χ0) is 29.1. The highest BCUT2D eigenvalue weighted by Crippen LogP contribution is 2.21. The van der Waals surface area contributed by atoms with Crippen LogP contribution >= 0.6 is 0 Å². The zero-order valence-electron chi connectivity index (χ0n) is 24.5. The Labute approximate surface area is 248 Å². The summed E-state index contributed by atoms with van der Waals surface area (Å²) in [7, 11) is 0. The summed E-state index contributed by atoms with van der Waals surface area (Å²) in [4.78, 5) is 20.6. The third kappa shape index (κ3) is 7.83. The molecule has 1 aliphatic heterocycles. The maximum absolute atomic E-state index is 13.2. The second kappa shape index (κ2) is 14.7. The Bertz CT molecular complexity index is 1480. The average molecular weight is 565 g/mol. The maximum Gasteiger partial charge on any atom is 0.265 e. The Hall–Kier alpha value is -4.03. The third-order valence-electron chi connectivity index (χ3n) is 7.88. The maximum atomic E-state index is 13.2. The Morgan fingerprint density at radius 1 is 0.929 bits per heavy atom. The van der Waals surface area contributed by atoms with Crippen molar-refractivity contribution in [1.82, 2.24) is 24.9 Å². The fourth-order valence-electron chi connectivity index (χ4n) is 5.46. The number of ether oxygens (including phenoxy) is 1. The van der Waals surface area contributed by atoms with Gasteiger partial charge in [0.25, 0.3) is 5.91 Å². The summed E-state index contributed by atoms with van der Waals surface area (Å²) < 4.78 is 7.84. The van der Waals surface area contributed by atoms with Crippen molar-refractivity contribution in [3.05, 3.63) is 101 Å². The normalized spacial score (nSPS) is 14.2. The van der Waals surface area contributed by atoms with Gasteiger partial charge in [0.1, 0.15) is 5.82 Å². The zero-order valence-corrected chi connectivity index (χ0v) is 24.5. The molecule has 42 heavy (non-hydrogen) atoms. The lowest BCUT2D eigenvalue weighted by atomic mass is 10.1. The third-order valence-corrected chi connectivity index (χ3v) is 7.88. The van der Waals surface area contributed by atoms with Crippen LogP contribution in [0.3, 0.4) is 0 Å². The molecule has 8 nitrogen and oxygen atoms in total. The van der Waals surface area contributed by atoms with Crippen molar-refractivity contribution >= 4 is 16.9 Å². The van der Waals surface area contributed by atoms with Gasteiger partial charge in [-0.15, -0.1) is 0 Å². The van der Waals surface area contributed by atoms with E-state index in [9.17, 15) is 4.79 Å². The van der Waals surface area contributed by atoms with Crippen LogP contribution in [0.15, 0.2) is 72.8 Å². The van der Waals surface area contributed by atoms with E-state index in [2.05, 4.69) is 51.3 Å². The van der Waals surface area contributed by atoms with Crippen molar-refractivity contribution in [2.45, 2.75) is 39.2 Å². The average Bonchev–Trinajstić information content (AvgIpc) is 3.39. The minimum Gasteiger partial charge on any atom is -0.382 e. The van der Waals surface area contributed by atoms with E-state index in [4.69, 9.17) is 15.0 Å². The van der Waals surface area contributed by atoms with Gasteiger partial charge in [0.15, 0.2) is 0 Å². The van der Waals surface area contributed by atoms with Crippen LogP contribution in [0.4, 0.5) is 0 Å². The molecule has 0 radical (unpaired) electrons. The van der Waals surface area contributed by atoms with Gasteiger partial charge in [0.05, 0.1) is 22.7 Å². The van der Waals surface area contributed by atoms with Crippen molar-refractivity contribution in [2.75, 3.05) is 45.9 Å². The second-order valence-electron chi connectivity index (χ2n) is 10.7. The highest BCUT2D eigenvalue weighted by atomic mass is 16.5. The van der Waals surface area contributed by atoms with Gasteiger partial charge in [-0.3, -0.25) is 10.2 Å². The van der Waals surface area contributed by atoms with Gasteiger partial charge in [0, 0.05) is 64.5 Å². The highest BCUT2D eigenvalue weighted by molar-refractivity contribution is 5.97. The number of imidazole rings is 1. The van der Waals surface area contributed by atoms with Gasteiger partial charge >= 0.3 is 0 Å². The molecular weight excluding hydrogens is 524 g/mol. The van der Waals surface area contributed by atoms with E-state index >= 15 is 0 Å². The van der Waals surface area contributed by atoms with Crippen LogP contribution in [-0.2, 0) is 30.5 Å². The Kier molecular flexibility index (Phi) is 10.3. The van der Waals surface area contributed by atoms with Crippen molar-refractivity contribution < 1.29 is 9.53 Å². The number of nitriles is 1. The number of aryl methyl sites for hydroxylation is 3. The van der Waals surface area contributed by atoms with Gasteiger partial charge < -0.3 is 14.2 Å². The van der Waals surface area contributed by atoms with E-state index < -0.39 is 0 Å². The number of piperazine rings is 1. The quantitative estimate of drug-likeness (QED) is 0.239. The molecule has 0 aliphatic carbocycles. The van der Waals surface area contributed by atoms with E-state index in [1.54, 1.807) is 0 Å². The molecule has 0 unspecified atom stereocenters. The predicted octanol–water partition coefficient (Wildman–Crippen LogP) is 4.62. The molecule has 0 atom stereocenters. The number of nitrogens with one attached hydrogen (secondary N) is 1. The van der Waals surface area contributed by atoms with Crippen molar-refractivity contribution in [2.24, 2.45) is 0 Å². The number of rotatable bonds is 13. The molecule has 3 aromatic carbocycles. The number of benzene rings is 3. The lowest BCUT2D eigenvalue weighted by molar-refractivity contribution is 0.0622. The molecule has 2 heterocycles. The standard InChI is InChI=1S/C34H40N6O2/c1-2-42-24-6-18-40-32-15-14-30(25-31(32)36-33(40)16-13-28-9-11-29(26-35)12-10-28)34(41)37-39-22-20-38(21-23-39)19-17-27-7-4-3-5-8-27/h3-5,7-12,14-15,25H,2,6,13,16-24H2,1H3,(H,37,41). The number of carbonyl (C=O) groups is 1. The van der Waals surface area contributed by atoms with Gasteiger partial charge in [-0.2, -0.15) is 5.26 Å². The number of fused-ring (bicyclic) bond motifs is 1. The summed E-state index contributed by atoms with van der Waals surface area (Å²) in [6, 6.07) is 26.3. The van der Waals surface area contributed by atoms with Crippen LogP contribution in [-0.4, -0.2) is 71.3 Å². The minimum absolute atomic E-state index is 0.0975. The van der Waals surface area contributed by atoms with Gasteiger partial charge in [0.2, 0.25) is 0 Å². The summed E-state index contributed by atoms with van der Waals surface area (Å²) in [5, 5.41) is 11.1. The number of hydrogen-bond acceptors (Lipinski definition) is 6.